The second kappa shape index (κ2) is 7.95. The van der Waals surface area contributed by atoms with E-state index in [0.29, 0.717) is 11.1 Å². The second-order valence-corrected chi connectivity index (χ2v) is 6.64. The zero-order chi connectivity index (χ0) is 15.2. The molecule has 2 rings (SSSR count). The van der Waals surface area contributed by atoms with E-state index >= 15 is 0 Å². The third kappa shape index (κ3) is 5.11. The lowest BCUT2D eigenvalue weighted by Crippen LogP contribution is -2.38. The van der Waals surface area contributed by atoms with Crippen molar-refractivity contribution < 1.29 is 0 Å². The van der Waals surface area contributed by atoms with E-state index in [1.54, 1.807) is 6.07 Å². The summed E-state index contributed by atoms with van der Waals surface area (Å²) in [6.07, 6.45) is 5.19. The minimum absolute atomic E-state index is 0.290. The van der Waals surface area contributed by atoms with Gasteiger partial charge in [0.1, 0.15) is 16.8 Å². The first-order valence-corrected chi connectivity index (χ1v) is 8.46. The predicted octanol–water partition coefficient (Wildman–Crippen LogP) is 3.93. The summed E-state index contributed by atoms with van der Waals surface area (Å²) >= 11 is 6.05. The van der Waals surface area contributed by atoms with Crippen LogP contribution in [0, 0.1) is 0 Å². The lowest BCUT2D eigenvalue weighted by molar-refractivity contribution is 0.160. The Labute approximate surface area is 133 Å². The molecule has 1 atom stereocenters. The molecule has 5 heteroatoms. The number of nitrogens with zero attached hydrogens (tertiary/aromatic N) is 3. The predicted molar refractivity (Wildman–Crippen MR) is 89.1 cm³/mol. The van der Waals surface area contributed by atoms with Gasteiger partial charge in [-0.2, -0.15) is 0 Å². The van der Waals surface area contributed by atoms with Crippen molar-refractivity contribution in [3.63, 3.8) is 0 Å². The number of anilines is 1. The molecule has 1 aliphatic rings. The first kappa shape index (κ1) is 16.5. The summed E-state index contributed by atoms with van der Waals surface area (Å²) in [5, 5.41) is 3.89. The van der Waals surface area contributed by atoms with Gasteiger partial charge in [0.25, 0.3) is 0 Å². The van der Waals surface area contributed by atoms with Crippen LogP contribution in [-0.2, 0) is 0 Å². The molecule has 0 bridgehead atoms. The van der Waals surface area contributed by atoms with Gasteiger partial charge in [-0.15, -0.1) is 0 Å². The fourth-order valence-corrected chi connectivity index (χ4v) is 2.96. The van der Waals surface area contributed by atoms with Gasteiger partial charge in [0.15, 0.2) is 0 Å². The van der Waals surface area contributed by atoms with Crippen molar-refractivity contribution in [3.8, 4) is 0 Å². The highest BCUT2D eigenvalue weighted by Gasteiger charge is 2.17. The molecule has 0 aromatic carbocycles. The van der Waals surface area contributed by atoms with Crippen molar-refractivity contribution in [1.29, 1.82) is 0 Å². The number of nitrogens with one attached hydrogen (secondary N) is 1. The summed E-state index contributed by atoms with van der Waals surface area (Å²) in [5.74, 6) is 1.93. The molecule has 0 saturated carbocycles. The van der Waals surface area contributed by atoms with Gasteiger partial charge in [-0.25, -0.2) is 9.97 Å². The normalized spacial score (nSPS) is 20.0. The maximum atomic E-state index is 6.05. The first-order chi connectivity index (χ1) is 10.1. The van der Waals surface area contributed by atoms with Crippen LogP contribution in [-0.4, -0.2) is 40.5 Å². The highest BCUT2D eigenvalue weighted by atomic mass is 35.5. The molecule has 1 aromatic rings. The van der Waals surface area contributed by atoms with Gasteiger partial charge in [0, 0.05) is 31.1 Å². The fraction of sp³-hybridized carbons (Fsp3) is 0.750. The summed E-state index contributed by atoms with van der Waals surface area (Å²) in [6, 6.07) is 2.54. The monoisotopic (exact) mass is 310 g/mol. The van der Waals surface area contributed by atoms with E-state index in [0.717, 1.165) is 37.2 Å². The minimum Gasteiger partial charge on any atom is -0.370 e. The number of rotatable bonds is 6. The Balaban J connectivity index is 1.78. The smallest absolute Gasteiger partial charge is 0.135 e. The van der Waals surface area contributed by atoms with Crippen molar-refractivity contribution >= 4 is 17.4 Å². The Bertz CT molecular complexity index is 450. The lowest BCUT2D eigenvalue weighted by Gasteiger charge is -2.33. The van der Waals surface area contributed by atoms with Crippen LogP contribution < -0.4 is 5.32 Å². The number of piperidine rings is 1. The Kier molecular flexibility index (Phi) is 6.24. The van der Waals surface area contributed by atoms with Crippen LogP contribution in [0.3, 0.4) is 0 Å². The van der Waals surface area contributed by atoms with Crippen molar-refractivity contribution in [2.75, 3.05) is 25.0 Å². The summed E-state index contributed by atoms with van der Waals surface area (Å²) in [5.41, 5.74) is 0. The zero-order valence-corrected chi connectivity index (χ0v) is 14.2. The second-order valence-electron chi connectivity index (χ2n) is 6.25. The van der Waals surface area contributed by atoms with Crippen LogP contribution in [0.2, 0.25) is 5.15 Å². The lowest BCUT2D eigenvalue weighted by atomic mass is 10.0. The topological polar surface area (TPSA) is 41.1 Å². The maximum absolute atomic E-state index is 6.05. The van der Waals surface area contributed by atoms with Crippen LogP contribution in [0.5, 0.6) is 0 Å². The molecule has 1 aliphatic heterocycles. The molecule has 2 heterocycles. The highest BCUT2D eigenvalue weighted by molar-refractivity contribution is 6.29. The molecule has 0 amide bonds. The van der Waals surface area contributed by atoms with E-state index in [1.807, 2.05) is 0 Å². The quantitative estimate of drug-likeness (QED) is 0.638. The molecule has 1 unspecified atom stereocenters. The number of likely N-dealkylation sites (tertiary alicyclic amines) is 1. The molecule has 0 radical (unpaired) electrons. The van der Waals surface area contributed by atoms with Gasteiger partial charge >= 0.3 is 0 Å². The summed E-state index contributed by atoms with van der Waals surface area (Å²) in [7, 11) is 0. The molecule has 0 spiro atoms. The van der Waals surface area contributed by atoms with Crippen LogP contribution in [0.15, 0.2) is 6.07 Å². The molecule has 118 valence electrons. The summed E-state index contributed by atoms with van der Waals surface area (Å²) in [4.78, 5) is 11.4. The summed E-state index contributed by atoms with van der Waals surface area (Å²) < 4.78 is 0. The number of hydrogen-bond acceptors (Lipinski definition) is 4. The van der Waals surface area contributed by atoms with Crippen LogP contribution in [0.4, 0.5) is 5.82 Å². The van der Waals surface area contributed by atoms with Gasteiger partial charge in [0.05, 0.1) is 0 Å². The summed E-state index contributed by atoms with van der Waals surface area (Å²) in [6.45, 7) is 9.82. The molecular weight excluding hydrogens is 284 g/mol. The number of halogens is 1. The SMILES string of the molecule is CC(C)c1nc(Cl)cc(NCCCN2CCCCC2C)n1. The van der Waals surface area contributed by atoms with E-state index in [4.69, 9.17) is 11.6 Å². The van der Waals surface area contributed by atoms with Gasteiger partial charge in [-0.1, -0.05) is 31.9 Å². The standard InChI is InChI=1S/C16H27ClN4/c1-12(2)16-19-14(17)11-15(20-16)18-8-6-10-21-9-5-4-7-13(21)3/h11-13H,4-10H2,1-3H3,(H,18,19,20). The third-order valence-electron chi connectivity index (χ3n) is 4.10. The van der Waals surface area contributed by atoms with E-state index in [1.165, 1.54) is 25.8 Å². The van der Waals surface area contributed by atoms with Crippen LogP contribution in [0.1, 0.15) is 58.2 Å². The van der Waals surface area contributed by atoms with Crippen LogP contribution in [0.25, 0.3) is 0 Å². The zero-order valence-electron chi connectivity index (χ0n) is 13.4. The number of hydrogen-bond donors (Lipinski definition) is 1. The molecule has 21 heavy (non-hydrogen) atoms. The fourth-order valence-electron chi connectivity index (χ4n) is 2.77. The van der Waals surface area contributed by atoms with Gasteiger partial charge in [-0.05, 0) is 32.7 Å². The van der Waals surface area contributed by atoms with Crippen molar-refractivity contribution in [3.05, 3.63) is 17.0 Å². The van der Waals surface area contributed by atoms with Gasteiger partial charge in [0.2, 0.25) is 0 Å². The Morgan fingerprint density at radius 2 is 2.19 bits per heavy atom. The first-order valence-electron chi connectivity index (χ1n) is 8.08. The van der Waals surface area contributed by atoms with E-state index < -0.39 is 0 Å². The molecule has 1 fully saturated rings. The minimum atomic E-state index is 0.290. The molecule has 0 aliphatic carbocycles. The van der Waals surface area contributed by atoms with E-state index in [-0.39, 0.29) is 0 Å². The highest BCUT2D eigenvalue weighted by Crippen LogP contribution is 2.18. The Morgan fingerprint density at radius 3 is 2.90 bits per heavy atom. The molecule has 1 aromatic heterocycles. The molecular formula is C16H27ClN4. The van der Waals surface area contributed by atoms with Crippen molar-refractivity contribution in [1.82, 2.24) is 14.9 Å². The van der Waals surface area contributed by atoms with Crippen molar-refractivity contribution in [2.45, 2.75) is 58.4 Å². The molecule has 4 nitrogen and oxygen atoms in total. The van der Waals surface area contributed by atoms with Crippen LogP contribution >= 0.6 is 11.6 Å². The van der Waals surface area contributed by atoms with Crippen molar-refractivity contribution in [2.24, 2.45) is 0 Å². The van der Waals surface area contributed by atoms with Gasteiger partial charge in [-0.3, -0.25) is 0 Å². The van der Waals surface area contributed by atoms with E-state index in [2.05, 4.69) is 41.0 Å². The van der Waals surface area contributed by atoms with E-state index in [9.17, 15) is 0 Å². The van der Waals surface area contributed by atoms with Gasteiger partial charge < -0.3 is 10.2 Å². The largest absolute Gasteiger partial charge is 0.370 e. The average molecular weight is 311 g/mol. The third-order valence-corrected chi connectivity index (χ3v) is 4.29. The average Bonchev–Trinajstić information content (AvgIpc) is 2.44. The maximum Gasteiger partial charge on any atom is 0.135 e. The Morgan fingerprint density at radius 1 is 1.38 bits per heavy atom. The molecule has 1 N–H and O–H groups in total. The molecule has 1 saturated heterocycles. The Hall–Kier alpha value is -0.870. The number of aromatic nitrogens is 2.